The van der Waals surface area contributed by atoms with Gasteiger partial charge in [-0.15, -0.1) is 11.6 Å². The van der Waals surface area contributed by atoms with Gasteiger partial charge in [0.15, 0.2) is 11.6 Å². The standard InChI is InChI=1S/C22H29ClO3/c1-13-10-18-16-5-4-14-11-15(24)6-8-20(14,2)17(16)7-9-21(18,3)22(13,26)19(25)12-23/h7,11,13,16,18,26H,4-6,8-10,12H2,1-3H3/t13-,16-,18+,20+,21+,22+/m1/s1. The van der Waals surface area contributed by atoms with Gasteiger partial charge in [-0.1, -0.05) is 38.0 Å². The molecule has 0 unspecified atom stereocenters. The first-order chi connectivity index (χ1) is 12.2. The molecule has 0 spiro atoms. The molecule has 4 rings (SSSR count). The number of carbonyl (C=O) groups excluding carboxylic acids is 2. The molecular weight excluding hydrogens is 348 g/mol. The first-order valence-corrected chi connectivity index (χ1v) is 10.5. The van der Waals surface area contributed by atoms with Gasteiger partial charge in [0.1, 0.15) is 5.60 Å². The van der Waals surface area contributed by atoms with Gasteiger partial charge in [0.2, 0.25) is 0 Å². The van der Waals surface area contributed by atoms with Gasteiger partial charge in [0, 0.05) is 17.3 Å². The van der Waals surface area contributed by atoms with Gasteiger partial charge in [-0.25, -0.2) is 0 Å². The van der Waals surface area contributed by atoms with Crippen molar-refractivity contribution < 1.29 is 14.7 Å². The number of Topliss-reactive ketones (excluding diaryl/α,β-unsaturated/α-hetero) is 1. The Morgan fingerprint density at radius 3 is 2.77 bits per heavy atom. The van der Waals surface area contributed by atoms with E-state index in [1.165, 1.54) is 11.1 Å². The molecule has 2 saturated carbocycles. The van der Waals surface area contributed by atoms with Crippen LogP contribution in [-0.2, 0) is 9.59 Å². The predicted molar refractivity (Wildman–Crippen MR) is 102 cm³/mol. The van der Waals surface area contributed by atoms with Crippen molar-refractivity contribution >= 4 is 23.2 Å². The van der Waals surface area contributed by atoms with Crippen molar-refractivity contribution in [1.29, 1.82) is 0 Å². The van der Waals surface area contributed by atoms with Gasteiger partial charge in [-0.3, -0.25) is 9.59 Å². The SMILES string of the molecule is C[C@@H]1C[C@H]2[C@@H]3CCC4=CC(=O)CC[C@]4(C)C3=CC[C@]2(C)[C@@]1(O)C(=O)CCl. The largest absolute Gasteiger partial charge is 0.381 e. The highest BCUT2D eigenvalue weighted by atomic mass is 35.5. The number of allylic oxidation sites excluding steroid dienone is 4. The highest BCUT2D eigenvalue weighted by Gasteiger charge is 2.67. The summed E-state index contributed by atoms with van der Waals surface area (Å²) in [5.74, 6) is 0.522. The second-order valence-electron chi connectivity index (χ2n) is 9.46. The Labute approximate surface area is 160 Å². The Kier molecular flexibility index (Phi) is 4.10. The van der Waals surface area contributed by atoms with E-state index in [2.05, 4.69) is 19.9 Å². The molecule has 0 aliphatic heterocycles. The number of rotatable bonds is 2. The van der Waals surface area contributed by atoms with Crippen molar-refractivity contribution in [3.05, 3.63) is 23.3 Å². The number of alkyl halides is 1. The monoisotopic (exact) mass is 376 g/mol. The zero-order chi connectivity index (χ0) is 18.9. The maximum Gasteiger partial charge on any atom is 0.179 e. The summed E-state index contributed by atoms with van der Waals surface area (Å²) in [6.07, 6.45) is 9.25. The van der Waals surface area contributed by atoms with Gasteiger partial charge in [-0.2, -0.15) is 0 Å². The highest BCUT2D eigenvalue weighted by molar-refractivity contribution is 6.29. The number of aliphatic hydroxyl groups is 1. The fourth-order valence-corrected chi connectivity index (χ4v) is 7.10. The third-order valence-electron chi connectivity index (χ3n) is 8.46. The molecule has 26 heavy (non-hydrogen) atoms. The lowest BCUT2D eigenvalue weighted by molar-refractivity contribution is -0.155. The molecule has 0 aromatic carbocycles. The third-order valence-corrected chi connectivity index (χ3v) is 8.71. The third kappa shape index (κ3) is 2.10. The quantitative estimate of drug-likeness (QED) is 0.579. The van der Waals surface area contributed by atoms with E-state index in [4.69, 9.17) is 11.6 Å². The normalized spacial score (nSPS) is 47.4. The number of halogens is 1. The van der Waals surface area contributed by atoms with Gasteiger partial charge in [-0.05, 0) is 55.9 Å². The molecular formula is C22H29ClO3. The summed E-state index contributed by atoms with van der Waals surface area (Å²) in [7, 11) is 0. The average Bonchev–Trinajstić information content (AvgIpc) is 2.83. The maximum atomic E-state index is 12.6. The Morgan fingerprint density at radius 2 is 2.08 bits per heavy atom. The first kappa shape index (κ1) is 18.4. The fraction of sp³-hybridized carbons (Fsp3) is 0.727. The molecule has 0 radical (unpaired) electrons. The topological polar surface area (TPSA) is 54.4 Å². The van der Waals surface area contributed by atoms with Gasteiger partial charge < -0.3 is 5.11 Å². The first-order valence-electron chi connectivity index (χ1n) is 9.94. The van der Waals surface area contributed by atoms with E-state index in [1.807, 2.05) is 13.0 Å². The molecule has 4 heteroatoms. The van der Waals surface area contributed by atoms with Crippen LogP contribution in [0.1, 0.15) is 59.3 Å². The summed E-state index contributed by atoms with van der Waals surface area (Å²) in [4.78, 5) is 24.6. The lowest BCUT2D eigenvalue weighted by atomic mass is 9.50. The Bertz CT molecular complexity index is 738. The van der Waals surface area contributed by atoms with Crippen LogP contribution in [0.5, 0.6) is 0 Å². The van der Waals surface area contributed by atoms with Gasteiger partial charge >= 0.3 is 0 Å². The molecule has 6 atom stereocenters. The minimum atomic E-state index is -1.33. The molecule has 3 nitrogen and oxygen atoms in total. The molecule has 4 aliphatic carbocycles. The second-order valence-corrected chi connectivity index (χ2v) is 9.73. The molecule has 0 amide bonds. The summed E-state index contributed by atoms with van der Waals surface area (Å²) in [5.41, 5.74) is 0.951. The molecule has 2 fully saturated rings. The molecule has 4 aliphatic rings. The van der Waals surface area contributed by atoms with Crippen LogP contribution < -0.4 is 0 Å². The molecule has 1 N–H and O–H groups in total. The minimum absolute atomic E-state index is 0.0153. The minimum Gasteiger partial charge on any atom is -0.381 e. The van der Waals surface area contributed by atoms with Crippen LogP contribution in [0.25, 0.3) is 0 Å². The van der Waals surface area contributed by atoms with Crippen LogP contribution >= 0.6 is 11.6 Å². The Balaban J connectivity index is 1.78. The van der Waals surface area contributed by atoms with E-state index in [0.29, 0.717) is 24.7 Å². The van der Waals surface area contributed by atoms with E-state index in [1.54, 1.807) is 0 Å². The lowest BCUT2D eigenvalue weighted by Crippen LogP contribution is -2.57. The van der Waals surface area contributed by atoms with Crippen LogP contribution in [0, 0.1) is 28.6 Å². The summed E-state index contributed by atoms with van der Waals surface area (Å²) >= 11 is 5.88. The van der Waals surface area contributed by atoms with Gasteiger partial charge in [0.25, 0.3) is 0 Å². The Hall–Kier alpha value is -0.930. The van der Waals surface area contributed by atoms with E-state index in [-0.39, 0.29) is 28.8 Å². The number of carbonyl (C=O) groups is 2. The van der Waals surface area contributed by atoms with Crippen LogP contribution in [0.3, 0.4) is 0 Å². The highest BCUT2D eigenvalue weighted by Crippen LogP contribution is 2.66. The summed E-state index contributed by atoms with van der Waals surface area (Å²) in [6.45, 7) is 6.39. The lowest BCUT2D eigenvalue weighted by Gasteiger charge is -2.54. The fourth-order valence-electron chi connectivity index (χ4n) is 6.90. The van der Waals surface area contributed by atoms with E-state index >= 15 is 0 Å². The summed E-state index contributed by atoms with van der Waals surface area (Å²) in [5, 5.41) is 11.5. The smallest absolute Gasteiger partial charge is 0.179 e. The molecule has 142 valence electrons. The maximum absolute atomic E-state index is 12.6. The zero-order valence-corrected chi connectivity index (χ0v) is 16.7. The van der Waals surface area contributed by atoms with E-state index in [9.17, 15) is 14.7 Å². The number of ketones is 2. The molecule has 0 saturated heterocycles. The number of hydrogen-bond acceptors (Lipinski definition) is 3. The van der Waals surface area contributed by atoms with Crippen molar-refractivity contribution in [2.24, 2.45) is 28.6 Å². The van der Waals surface area contributed by atoms with Crippen LogP contribution in [0.2, 0.25) is 0 Å². The van der Waals surface area contributed by atoms with Crippen molar-refractivity contribution in [2.45, 2.75) is 64.9 Å². The molecule has 0 aromatic rings. The van der Waals surface area contributed by atoms with Gasteiger partial charge in [0.05, 0.1) is 5.88 Å². The van der Waals surface area contributed by atoms with E-state index < -0.39 is 11.0 Å². The van der Waals surface area contributed by atoms with E-state index in [0.717, 1.165) is 25.7 Å². The average molecular weight is 377 g/mol. The second kappa shape index (κ2) is 5.78. The number of hydrogen-bond donors (Lipinski definition) is 1. The van der Waals surface area contributed by atoms with Crippen molar-refractivity contribution in [3.8, 4) is 0 Å². The molecule has 0 heterocycles. The van der Waals surface area contributed by atoms with Crippen LogP contribution in [-0.4, -0.2) is 28.2 Å². The number of fused-ring (bicyclic) bond motifs is 5. The summed E-state index contributed by atoms with van der Waals surface area (Å²) in [6, 6.07) is 0. The van der Waals surface area contributed by atoms with Crippen LogP contribution in [0.15, 0.2) is 23.3 Å². The van der Waals surface area contributed by atoms with Crippen LogP contribution in [0.4, 0.5) is 0 Å². The predicted octanol–water partition coefficient (Wildman–Crippen LogP) is 4.22. The van der Waals surface area contributed by atoms with Crippen molar-refractivity contribution in [1.82, 2.24) is 0 Å². The molecule has 0 aromatic heterocycles. The van der Waals surface area contributed by atoms with Crippen molar-refractivity contribution in [2.75, 3.05) is 5.88 Å². The molecule has 0 bridgehead atoms. The summed E-state index contributed by atoms with van der Waals surface area (Å²) < 4.78 is 0. The zero-order valence-electron chi connectivity index (χ0n) is 16.0. The Morgan fingerprint density at radius 1 is 1.35 bits per heavy atom. The van der Waals surface area contributed by atoms with Crippen molar-refractivity contribution in [3.63, 3.8) is 0 Å².